The molecule has 0 aliphatic carbocycles. The van der Waals surface area contributed by atoms with Gasteiger partial charge < -0.3 is 24.3 Å². The average molecular weight is 590 g/mol. The van der Waals surface area contributed by atoms with E-state index in [0.717, 1.165) is 22.0 Å². The summed E-state index contributed by atoms with van der Waals surface area (Å²) in [6.07, 6.45) is 1.60. The predicted octanol–water partition coefficient (Wildman–Crippen LogP) is 4.49. The second-order valence-electron chi connectivity index (χ2n) is 9.23. The monoisotopic (exact) mass is 589 g/mol. The molecule has 43 heavy (non-hydrogen) atoms. The van der Waals surface area contributed by atoms with Crippen molar-refractivity contribution in [2.24, 2.45) is 0 Å². The molecule has 3 aromatic carbocycles. The van der Waals surface area contributed by atoms with E-state index in [0.29, 0.717) is 33.9 Å². The Morgan fingerprint density at radius 1 is 0.930 bits per heavy atom. The van der Waals surface area contributed by atoms with Crippen LogP contribution in [0.25, 0.3) is 10.9 Å². The van der Waals surface area contributed by atoms with Gasteiger partial charge >= 0.3 is 6.03 Å². The molecule has 13 heteroatoms. The second kappa shape index (κ2) is 12.2. The summed E-state index contributed by atoms with van der Waals surface area (Å²) in [7, 11) is 4.50. The number of aromatic nitrogens is 1. The van der Waals surface area contributed by atoms with Gasteiger partial charge in [-0.25, -0.2) is 19.5 Å². The van der Waals surface area contributed by atoms with Gasteiger partial charge in [-0.15, -0.1) is 0 Å². The summed E-state index contributed by atoms with van der Waals surface area (Å²) in [6, 6.07) is 12.6. The largest absolute Gasteiger partial charge is 0.494 e. The van der Waals surface area contributed by atoms with E-state index in [4.69, 9.17) is 18.9 Å². The molecule has 1 fully saturated rings. The molecule has 1 aliphatic heterocycles. The molecule has 5 rings (SSSR count). The van der Waals surface area contributed by atoms with Crippen LogP contribution in [0.2, 0.25) is 0 Å². The van der Waals surface area contributed by atoms with E-state index in [9.17, 15) is 18.8 Å². The Balaban J connectivity index is 1.38. The molecule has 1 unspecified atom stereocenters. The van der Waals surface area contributed by atoms with Gasteiger partial charge in [-0.2, -0.15) is 0 Å². The van der Waals surface area contributed by atoms with Crippen molar-refractivity contribution in [3.8, 4) is 28.7 Å². The van der Waals surface area contributed by atoms with Crippen LogP contribution in [0.5, 0.6) is 28.7 Å². The Hall–Kier alpha value is -5.43. The van der Waals surface area contributed by atoms with Crippen molar-refractivity contribution in [2.45, 2.75) is 13.0 Å². The number of imide groups is 1. The number of halogens is 1. The number of nitrogens with one attached hydrogen (secondary N) is 2. The third-order valence-electron chi connectivity index (χ3n) is 6.70. The number of methoxy groups -OCH3 is 3. The Bertz CT molecular complexity index is 1700. The van der Waals surface area contributed by atoms with Crippen molar-refractivity contribution in [1.82, 2.24) is 15.4 Å². The average Bonchev–Trinajstić information content (AvgIpc) is 3.02. The van der Waals surface area contributed by atoms with Crippen LogP contribution in [0.1, 0.15) is 6.92 Å². The highest BCUT2D eigenvalue weighted by Crippen LogP contribution is 2.38. The first-order valence-electron chi connectivity index (χ1n) is 13.1. The van der Waals surface area contributed by atoms with E-state index in [2.05, 4.69) is 15.7 Å². The molecule has 1 saturated heterocycles. The molecule has 2 heterocycles. The predicted molar refractivity (Wildman–Crippen MR) is 155 cm³/mol. The summed E-state index contributed by atoms with van der Waals surface area (Å²) < 4.78 is 35.9. The summed E-state index contributed by atoms with van der Waals surface area (Å²) in [5.41, 5.74) is 3.69. The topological polar surface area (TPSA) is 132 Å². The quantitative estimate of drug-likeness (QED) is 0.271. The minimum absolute atomic E-state index is 0.132. The van der Waals surface area contributed by atoms with Crippen molar-refractivity contribution >= 4 is 40.1 Å². The van der Waals surface area contributed by atoms with Gasteiger partial charge in [0.2, 0.25) is 0 Å². The SMILES string of the molecule is CCN1NC(C(=O)Nc2ccc(Oc3ccnc4cc(OC)c(OC)cc34)cc2OC)C(=O)N(c2ccc(F)cc2)C1=O. The van der Waals surface area contributed by atoms with Crippen molar-refractivity contribution in [3.63, 3.8) is 0 Å². The number of benzene rings is 3. The van der Waals surface area contributed by atoms with Gasteiger partial charge in [0.05, 0.1) is 38.2 Å². The Morgan fingerprint density at radius 2 is 1.63 bits per heavy atom. The van der Waals surface area contributed by atoms with Crippen LogP contribution in [0.15, 0.2) is 66.9 Å². The molecule has 0 bridgehead atoms. The zero-order valence-corrected chi connectivity index (χ0v) is 23.7. The highest BCUT2D eigenvalue weighted by atomic mass is 19.1. The number of nitrogens with zero attached hydrogens (tertiary/aromatic N) is 3. The summed E-state index contributed by atoms with van der Waals surface area (Å²) in [5.74, 6) is 0.0876. The van der Waals surface area contributed by atoms with Crippen LogP contribution < -0.4 is 34.6 Å². The molecule has 0 saturated carbocycles. The van der Waals surface area contributed by atoms with Crippen molar-refractivity contribution in [3.05, 3.63) is 72.7 Å². The Kier molecular flexibility index (Phi) is 8.25. The highest BCUT2D eigenvalue weighted by Gasteiger charge is 2.43. The van der Waals surface area contributed by atoms with Crippen LogP contribution >= 0.6 is 0 Å². The number of carbonyl (C=O) groups excluding carboxylic acids is 3. The molecule has 0 spiro atoms. The number of anilines is 2. The minimum atomic E-state index is -1.46. The van der Waals surface area contributed by atoms with Gasteiger partial charge in [-0.05, 0) is 55.5 Å². The first-order chi connectivity index (χ1) is 20.8. The number of hydrogen-bond acceptors (Lipinski definition) is 9. The molecule has 12 nitrogen and oxygen atoms in total. The maximum atomic E-state index is 13.5. The van der Waals surface area contributed by atoms with E-state index in [1.807, 2.05) is 0 Å². The van der Waals surface area contributed by atoms with Crippen molar-refractivity contribution < 1.29 is 37.7 Å². The van der Waals surface area contributed by atoms with Crippen LogP contribution in [-0.2, 0) is 9.59 Å². The fourth-order valence-corrected chi connectivity index (χ4v) is 4.54. The number of hydrazine groups is 1. The number of pyridine rings is 1. The van der Waals surface area contributed by atoms with Crippen LogP contribution in [0.4, 0.5) is 20.6 Å². The fraction of sp³-hybridized carbons (Fsp3) is 0.200. The maximum absolute atomic E-state index is 13.5. The van der Waals surface area contributed by atoms with E-state index in [1.54, 1.807) is 49.5 Å². The minimum Gasteiger partial charge on any atom is -0.494 e. The van der Waals surface area contributed by atoms with Gasteiger partial charge in [0.1, 0.15) is 23.1 Å². The molecular weight excluding hydrogens is 561 g/mol. The summed E-state index contributed by atoms with van der Waals surface area (Å²) in [5, 5.41) is 4.49. The maximum Gasteiger partial charge on any atom is 0.345 e. The van der Waals surface area contributed by atoms with Gasteiger partial charge in [-0.1, -0.05) is 0 Å². The molecule has 1 aromatic heterocycles. The third kappa shape index (κ3) is 5.70. The molecule has 1 atom stereocenters. The Labute approximate surface area is 245 Å². The third-order valence-corrected chi connectivity index (χ3v) is 6.70. The molecule has 1 aliphatic rings. The number of hydrogen-bond donors (Lipinski definition) is 2. The first-order valence-corrected chi connectivity index (χ1v) is 13.1. The second-order valence-corrected chi connectivity index (χ2v) is 9.23. The molecular formula is C30H28FN5O7. The van der Waals surface area contributed by atoms with E-state index >= 15 is 0 Å². The van der Waals surface area contributed by atoms with Crippen LogP contribution in [-0.4, -0.2) is 61.8 Å². The lowest BCUT2D eigenvalue weighted by molar-refractivity contribution is -0.130. The zero-order chi connectivity index (χ0) is 30.7. The van der Waals surface area contributed by atoms with Crippen LogP contribution in [0, 0.1) is 5.82 Å². The normalized spacial score (nSPS) is 15.0. The van der Waals surface area contributed by atoms with Gasteiger partial charge in [0.25, 0.3) is 11.8 Å². The smallest absolute Gasteiger partial charge is 0.345 e. The summed E-state index contributed by atoms with van der Waals surface area (Å²) in [6.45, 7) is 1.84. The van der Waals surface area contributed by atoms with E-state index in [1.165, 1.54) is 33.5 Å². The summed E-state index contributed by atoms with van der Waals surface area (Å²) in [4.78, 5) is 44.8. The lowest BCUT2D eigenvalue weighted by Gasteiger charge is -2.38. The Morgan fingerprint density at radius 3 is 2.30 bits per heavy atom. The highest BCUT2D eigenvalue weighted by molar-refractivity contribution is 6.25. The molecule has 4 amide bonds. The van der Waals surface area contributed by atoms with E-state index in [-0.39, 0.29) is 23.7 Å². The summed E-state index contributed by atoms with van der Waals surface area (Å²) >= 11 is 0. The molecule has 222 valence electrons. The first kappa shape index (κ1) is 29.1. The number of amides is 4. The van der Waals surface area contributed by atoms with Gasteiger partial charge in [-0.3, -0.25) is 19.6 Å². The standard InChI is InChI=1S/C30H28FN5O7/c1-5-35-30(39)36(18-8-6-17(31)7-9-18)29(38)27(34-35)28(37)33-21-11-10-19(14-24(21)40-2)43-23-12-13-32-22-16-26(42-4)25(41-3)15-20(22)23/h6-16,27,34H,5H2,1-4H3,(H,33,37). The number of ether oxygens (including phenoxy) is 4. The van der Waals surface area contributed by atoms with Crippen molar-refractivity contribution in [1.29, 1.82) is 0 Å². The van der Waals surface area contributed by atoms with Gasteiger partial charge in [0, 0.05) is 30.3 Å². The molecule has 0 radical (unpaired) electrons. The van der Waals surface area contributed by atoms with E-state index < -0.39 is 29.7 Å². The number of rotatable bonds is 9. The van der Waals surface area contributed by atoms with Crippen molar-refractivity contribution in [2.75, 3.05) is 38.1 Å². The van der Waals surface area contributed by atoms with Gasteiger partial charge in [0.15, 0.2) is 17.5 Å². The lowest BCUT2D eigenvalue weighted by Crippen LogP contribution is -2.68. The zero-order valence-electron chi connectivity index (χ0n) is 23.7. The fourth-order valence-electron chi connectivity index (χ4n) is 4.54. The number of urea groups is 1. The molecule has 4 aromatic rings. The number of fused-ring (bicyclic) bond motifs is 1. The van der Waals surface area contributed by atoms with Crippen LogP contribution in [0.3, 0.4) is 0 Å². The molecule has 2 N–H and O–H groups in total. The lowest BCUT2D eigenvalue weighted by atomic mass is 10.1. The number of carbonyl (C=O) groups is 3.